The van der Waals surface area contributed by atoms with Crippen molar-refractivity contribution in [1.29, 1.82) is 0 Å². The lowest BCUT2D eigenvalue weighted by Gasteiger charge is -2.07. The number of aryl methyl sites for hydroxylation is 2. The molecule has 0 radical (unpaired) electrons. The van der Waals surface area contributed by atoms with Crippen molar-refractivity contribution in [2.45, 2.75) is 207 Å². The lowest BCUT2D eigenvalue weighted by molar-refractivity contribution is -0.704. The fourth-order valence-corrected chi connectivity index (χ4v) is 5.80. The first-order chi connectivity index (χ1) is 18.3. The maximum atomic E-state index is 2.62. The molecule has 218 valence electrons. The highest BCUT2D eigenvalue weighted by atomic mass is 15.1. The molecule has 0 unspecified atom stereocenters. The molecule has 0 amide bonds. The Morgan fingerprint density at radius 3 is 1.30 bits per heavy atom. The number of rotatable bonds is 29. The first kappa shape index (κ1) is 34.2. The zero-order valence-corrected chi connectivity index (χ0v) is 26.1. The van der Waals surface area contributed by atoms with E-state index in [1.807, 2.05) is 0 Å². The van der Waals surface area contributed by atoms with Crippen molar-refractivity contribution in [1.82, 2.24) is 4.57 Å². The Kier molecular flexibility index (Phi) is 24.8. The van der Waals surface area contributed by atoms with Crippen LogP contribution in [-0.4, -0.2) is 4.57 Å². The smallest absolute Gasteiger partial charge is 0.234 e. The molecule has 0 aliphatic heterocycles. The number of unbranched alkanes of at least 4 members (excludes halogenated alkanes) is 23. The summed E-state index contributed by atoms with van der Waals surface area (Å²) in [5.41, 5.74) is 0. The zero-order valence-electron chi connectivity index (χ0n) is 26.1. The van der Waals surface area contributed by atoms with E-state index in [1.165, 1.54) is 186 Å². The molecular formula is C35H69N2+. The van der Waals surface area contributed by atoms with E-state index in [1.54, 1.807) is 5.82 Å². The third-order valence-corrected chi connectivity index (χ3v) is 8.35. The second-order valence-corrected chi connectivity index (χ2v) is 12.0. The lowest BCUT2D eigenvalue weighted by atomic mass is 10.1. The van der Waals surface area contributed by atoms with Crippen LogP contribution in [-0.2, 0) is 19.5 Å². The van der Waals surface area contributed by atoms with Gasteiger partial charge in [-0.2, -0.15) is 0 Å². The van der Waals surface area contributed by atoms with Crippen molar-refractivity contribution >= 4 is 0 Å². The number of imidazole rings is 1. The summed E-state index contributed by atoms with van der Waals surface area (Å²) in [6, 6.07) is 0. The van der Waals surface area contributed by atoms with Gasteiger partial charge in [0.1, 0.15) is 12.4 Å². The van der Waals surface area contributed by atoms with Crippen molar-refractivity contribution < 1.29 is 4.57 Å². The van der Waals surface area contributed by atoms with Crippen LogP contribution in [0.1, 0.15) is 194 Å². The van der Waals surface area contributed by atoms with Crippen LogP contribution in [0.3, 0.4) is 0 Å². The Morgan fingerprint density at radius 1 is 0.459 bits per heavy atom. The monoisotopic (exact) mass is 518 g/mol. The maximum absolute atomic E-state index is 2.62. The summed E-state index contributed by atoms with van der Waals surface area (Å²) in [5, 5.41) is 0. The minimum Gasteiger partial charge on any atom is -0.234 e. The highest BCUT2D eigenvalue weighted by Crippen LogP contribution is 2.14. The van der Waals surface area contributed by atoms with Gasteiger partial charge in [0.15, 0.2) is 0 Å². The highest BCUT2D eigenvalue weighted by molar-refractivity contribution is 4.84. The fraction of sp³-hybridized carbons (Fsp3) is 0.914. The van der Waals surface area contributed by atoms with E-state index < -0.39 is 0 Å². The van der Waals surface area contributed by atoms with Gasteiger partial charge in [0.2, 0.25) is 0 Å². The van der Waals surface area contributed by atoms with Gasteiger partial charge in [0.05, 0.1) is 13.1 Å². The molecule has 0 bridgehead atoms. The van der Waals surface area contributed by atoms with Gasteiger partial charge in [-0.1, -0.05) is 156 Å². The Hall–Kier alpha value is -0.790. The molecule has 0 N–H and O–H groups in total. The van der Waals surface area contributed by atoms with E-state index in [2.05, 4.69) is 42.3 Å². The van der Waals surface area contributed by atoms with Crippen LogP contribution in [0.15, 0.2) is 12.4 Å². The predicted octanol–water partition coefficient (Wildman–Crippen LogP) is 11.5. The van der Waals surface area contributed by atoms with Crippen LogP contribution in [0, 0.1) is 0 Å². The maximum Gasteiger partial charge on any atom is 0.256 e. The Balaban J connectivity index is 2.32. The quantitative estimate of drug-likeness (QED) is 0.0737. The average molecular weight is 518 g/mol. The van der Waals surface area contributed by atoms with Crippen molar-refractivity contribution in [2.75, 3.05) is 0 Å². The van der Waals surface area contributed by atoms with Crippen LogP contribution in [0.25, 0.3) is 0 Å². The molecule has 2 heteroatoms. The Morgan fingerprint density at radius 2 is 0.838 bits per heavy atom. The lowest BCUT2D eigenvalue weighted by Crippen LogP contribution is -2.37. The Labute approximate surface area is 234 Å². The third kappa shape index (κ3) is 19.9. The normalized spacial score (nSPS) is 11.5. The average Bonchev–Trinajstić information content (AvgIpc) is 3.29. The summed E-state index contributed by atoms with van der Waals surface area (Å²) in [7, 11) is 0. The van der Waals surface area contributed by atoms with Crippen molar-refractivity contribution in [2.24, 2.45) is 0 Å². The second kappa shape index (κ2) is 26.8. The fourth-order valence-electron chi connectivity index (χ4n) is 5.80. The molecule has 1 aromatic heterocycles. The van der Waals surface area contributed by atoms with Crippen molar-refractivity contribution in [3.8, 4) is 0 Å². The first-order valence-corrected chi connectivity index (χ1v) is 17.4. The largest absolute Gasteiger partial charge is 0.256 e. The van der Waals surface area contributed by atoms with E-state index in [9.17, 15) is 0 Å². The third-order valence-electron chi connectivity index (χ3n) is 8.35. The molecule has 0 aliphatic rings. The molecule has 1 heterocycles. The summed E-state index contributed by atoms with van der Waals surface area (Å²) in [4.78, 5) is 0. The molecule has 0 saturated heterocycles. The van der Waals surface area contributed by atoms with Crippen LogP contribution >= 0.6 is 0 Å². The Bertz CT molecular complexity index is 576. The van der Waals surface area contributed by atoms with E-state index in [4.69, 9.17) is 0 Å². The van der Waals surface area contributed by atoms with Crippen molar-refractivity contribution in [3.63, 3.8) is 0 Å². The molecule has 0 fully saturated rings. The molecule has 0 aliphatic carbocycles. The van der Waals surface area contributed by atoms with Gasteiger partial charge in [-0.15, -0.1) is 0 Å². The molecular weight excluding hydrogens is 448 g/mol. The van der Waals surface area contributed by atoms with Crippen LogP contribution < -0.4 is 4.57 Å². The van der Waals surface area contributed by atoms with Crippen LogP contribution in [0.5, 0.6) is 0 Å². The van der Waals surface area contributed by atoms with Gasteiger partial charge in [-0.25, -0.2) is 9.13 Å². The second-order valence-electron chi connectivity index (χ2n) is 12.0. The van der Waals surface area contributed by atoms with E-state index in [0.717, 1.165) is 0 Å². The number of hydrogen-bond donors (Lipinski definition) is 0. The minimum atomic E-state index is 1.23. The van der Waals surface area contributed by atoms with E-state index in [0.29, 0.717) is 0 Å². The molecule has 0 spiro atoms. The van der Waals surface area contributed by atoms with Gasteiger partial charge in [-0.3, -0.25) is 0 Å². The number of hydrogen-bond acceptors (Lipinski definition) is 0. The summed E-state index contributed by atoms with van der Waals surface area (Å²) >= 11 is 0. The van der Waals surface area contributed by atoms with Crippen LogP contribution in [0.2, 0.25) is 0 Å². The van der Waals surface area contributed by atoms with E-state index in [-0.39, 0.29) is 0 Å². The van der Waals surface area contributed by atoms with Gasteiger partial charge < -0.3 is 0 Å². The highest BCUT2D eigenvalue weighted by Gasteiger charge is 2.16. The van der Waals surface area contributed by atoms with Gasteiger partial charge in [-0.05, 0) is 32.1 Å². The predicted molar refractivity (Wildman–Crippen MR) is 165 cm³/mol. The molecule has 1 aromatic rings. The van der Waals surface area contributed by atoms with Crippen molar-refractivity contribution in [3.05, 3.63) is 18.2 Å². The van der Waals surface area contributed by atoms with Crippen LogP contribution in [0.4, 0.5) is 0 Å². The zero-order chi connectivity index (χ0) is 26.7. The standard InChI is InChI=1S/C35H69N2/c1-4-7-10-13-16-18-20-22-24-27-30-35-36(31-28-25-15-12-9-6-3)33-34-37(35)32-29-26-23-21-19-17-14-11-8-5-2/h33-34H,4-32H2,1-3H3/q+1. The summed E-state index contributed by atoms with van der Waals surface area (Å²) < 4.78 is 5.24. The molecule has 2 nitrogen and oxygen atoms in total. The molecule has 1 rings (SSSR count). The number of aromatic nitrogens is 2. The SMILES string of the molecule is CCCCCCCCCCCCc1n(CCCCCCCC)cc[n+]1CCCCCCCCCCCC. The molecule has 0 saturated carbocycles. The summed E-state index contributed by atoms with van der Waals surface area (Å²) in [6.07, 6.45) is 42.9. The van der Waals surface area contributed by atoms with E-state index >= 15 is 0 Å². The topological polar surface area (TPSA) is 8.81 Å². The number of nitrogens with zero attached hydrogens (tertiary/aromatic N) is 2. The summed E-state index contributed by atoms with van der Waals surface area (Å²) in [6.45, 7) is 9.39. The first-order valence-electron chi connectivity index (χ1n) is 17.4. The summed E-state index contributed by atoms with van der Waals surface area (Å²) in [5.74, 6) is 1.61. The minimum absolute atomic E-state index is 1.23. The molecule has 0 atom stereocenters. The van der Waals surface area contributed by atoms with Gasteiger partial charge in [0, 0.05) is 6.42 Å². The molecule has 37 heavy (non-hydrogen) atoms. The molecule has 0 aromatic carbocycles. The van der Waals surface area contributed by atoms with Gasteiger partial charge in [0.25, 0.3) is 5.82 Å². The van der Waals surface area contributed by atoms with Gasteiger partial charge >= 0.3 is 0 Å².